The van der Waals surface area contributed by atoms with Crippen molar-refractivity contribution < 1.29 is 41.1 Å². The van der Waals surface area contributed by atoms with Crippen molar-refractivity contribution in [1.82, 2.24) is 10.1 Å². The Morgan fingerprint density at radius 2 is 1.86 bits per heavy atom. The summed E-state index contributed by atoms with van der Waals surface area (Å²) in [6.45, 7) is 0.151. The van der Waals surface area contributed by atoms with Crippen LogP contribution in [0.15, 0.2) is 40.9 Å². The van der Waals surface area contributed by atoms with E-state index in [0.717, 1.165) is 44.6 Å². The highest BCUT2D eigenvalue weighted by Crippen LogP contribution is 2.47. The molecule has 4 aromatic rings. The lowest BCUT2D eigenvalue weighted by Gasteiger charge is -2.38. The molecule has 8 nitrogen and oxygen atoms in total. The van der Waals surface area contributed by atoms with Gasteiger partial charge in [0.2, 0.25) is 0 Å². The highest BCUT2D eigenvalue weighted by molar-refractivity contribution is 7.22. The fraction of sp³-hybridized carbons (Fsp3) is 0.433. The first-order valence-electron chi connectivity index (χ1n) is 14.1. The molecule has 1 aliphatic carbocycles. The van der Waals surface area contributed by atoms with Gasteiger partial charge in [0.15, 0.2) is 10.9 Å². The summed E-state index contributed by atoms with van der Waals surface area (Å²) in [5.74, 6) is -0.688. The summed E-state index contributed by atoms with van der Waals surface area (Å²) >= 11 is 1.35. The number of alkyl halides is 3. The van der Waals surface area contributed by atoms with Gasteiger partial charge in [-0.05, 0) is 62.8 Å². The van der Waals surface area contributed by atoms with Gasteiger partial charge in [0.1, 0.15) is 22.7 Å². The van der Waals surface area contributed by atoms with E-state index in [1.807, 2.05) is 0 Å². The molecule has 2 aromatic heterocycles. The zero-order chi connectivity index (χ0) is 29.9. The van der Waals surface area contributed by atoms with Crippen molar-refractivity contribution >= 4 is 32.7 Å². The van der Waals surface area contributed by atoms with Crippen LogP contribution in [0, 0.1) is 5.82 Å². The molecule has 2 bridgehead atoms. The lowest BCUT2D eigenvalue weighted by Crippen LogP contribution is -2.45. The third-order valence-corrected chi connectivity index (χ3v) is 9.38. The average molecular weight is 618 g/mol. The largest absolute Gasteiger partial charge is 0.573 e. The molecule has 2 aromatic carbocycles. The quantitative estimate of drug-likeness (QED) is 0.150. The number of esters is 1. The number of halogens is 4. The summed E-state index contributed by atoms with van der Waals surface area (Å²) in [6, 6.07) is 8.93. The van der Waals surface area contributed by atoms with Crippen LogP contribution in [0.4, 0.5) is 22.7 Å². The van der Waals surface area contributed by atoms with Crippen molar-refractivity contribution in [3.63, 3.8) is 0 Å². The number of methoxy groups -OCH3 is 1. The second-order valence-electron chi connectivity index (χ2n) is 11.2. The molecule has 1 saturated carbocycles. The minimum Gasteiger partial charge on any atom is -0.465 e. The molecular formula is C30H27F4N3O5S. The van der Waals surface area contributed by atoms with Gasteiger partial charge in [0.05, 0.1) is 30.1 Å². The fourth-order valence-corrected chi connectivity index (χ4v) is 7.48. The van der Waals surface area contributed by atoms with Gasteiger partial charge < -0.3 is 23.6 Å². The van der Waals surface area contributed by atoms with Gasteiger partial charge >= 0.3 is 12.3 Å². The normalized spacial score (nSPS) is 21.9. The standard InChI is InChI=1S/C30H27F4N3O5S/c1-39-28(38)16-10-22(31)26-24(11-16)43-29(35-26)37-17-8-9-18(37)13-19(12-17)40-14-21-25(36-42-27(21)15-6-7-15)20-4-2-3-5-23(20)41-30(32,33)34/h2-5,10-11,15,17-19H,6-9,12-14H2,1H3/t17-,18?,19?/m0/s1. The first-order chi connectivity index (χ1) is 20.7. The van der Waals surface area contributed by atoms with Gasteiger partial charge in [-0.25, -0.2) is 14.2 Å². The number of aromatic nitrogens is 2. The van der Waals surface area contributed by atoms with Crippen molar-refractivity contribution in [2.75, 3.05) is 12.0 Å². The molecule has 13 heteroatoms. The molecule has 4 heterocycles. The highest BCUT2D eigenvalue weighted by Gasteiger charge is 2.43. The van der Waals surface area contributed by atoms with Gasteiger partial charge in [-0.2, -0.15) is 0 Å². The highest BCUT2D eigenvalue weighted by atomic mass is 32.1. The first kappa shape index (κ1) is 28.1. The molecule has 2 unspecified atom stereocenters. The number of carbonyl (C=O) groups excluding carboxylic acids is 1. The smallest absolute Gasteiger partial charge is 0.465 e. The van der Waals surface area contributed by atoms with Crippen LogP contribution in [0.5, 0.6) is 5.75 Å². The predicted molar refractivity (Wildman–Crippen MR) is 149 cm³/mol. The number of carbonyl (C=O) groups is 1. The number of anilines is 1. The number of hydrogen-bond acceptors (Lipinski definition) is 9. The van der Waals surface area contributed by atoms with Gasteiger partial charge in [0, 0.05) is 29.1 Å². The Balaban J connectivity index is 1.10. The van der Waals surface area contributed by atoms with Crippen LogP contribution in [-0.4, -0.2) is 47.8 Å². The summed E-state index contributed by atoms with van der Waals surface area (Å²) in [5.41, 5.74) is 1.52. The molecule has 7 rings (SSSR count). The third-order valence-electron chi connectivity index (χ3n) is 8.37. The van der Waals surface area contributed by atoms with Crippen molar-refractivity contribution in [1.29, 1.82) is 0 Å². The van der Waals surface area contributed by atoms with Gasteiger partial charge in [0.25, 0.3) is 0 Å². The Bertz CT molecular complexity index is 1670. The SMILES string of the molecule is COC(=O)c1cc(F)c2nc(N3C4CC[C@H]3CC(OCc3c(-c5ccccc5OC(F)(F)F)noc3C3CC3)C4)sc2c1. The van der Waals surface area contributed by atoms with Crippen LogP contribution in [-0.2, 0) is 16.1 Å². The number of para-hydroxylation sites is 1. The molecule has 0 N–H and O–H groups in total. The van der Waals surface area contributed by atoms with Crippen LogP contribution in [0.2, 0.25) is 0 Å². The topological polar surface area (TPSA) is 86.9 Å². The minimum absolute atomic E-state index is 0.0951. The number of ether oxygens (including phenoxy) is 3. The van der Waals surface area contributed by atoms with Crippen molar-refractivity contribution in [2.45, 2.75) is 75.6 Å². The maximum atomic E-state index is 14.8. The van der Waals surface area contributed by atoms with E-state index in [-0.39, 0.29) is 53.1 Å². The zero-order valence-corrected chi connectivity index (χ0v) is 23.8. The summed E-state index contributed by atoms with van der Waals surface area (Å²) in [4.78, 5) is 18.8. The third kappa shape index (κ3) is 5.44. The van der Waals surface area contributed by atoms with E-state index in [9.17, 15) is 22.4 Å². The number of rotatable bonds is 8. The molecule has 3 aliphatic rings. The van der Waals surface area contributed by atoms with E-state index >= 15 is 0 Å². The zero-order valence-electron chi connectivity index (χ0n) is 23.0. The fourth-order valence-electron chi connectivity index (χ4n) is 6.32. The summed E-state index contributed by atoms with van der Waals surface area (Å²) in [7, 11) is 1.25. The monoisotopic (exact) mass is 617 g/mol. The van der Waals surface area contributed by atoms with Crippen LogP contribution in [0.25, 0.3) is 21.5 Å². The molecule has 3 atom stereocenters. The number of fused-ring (bicyclic) bond motifs is 3. The Kier molecular flexibility index (Phi) is 7.04. The predicted octanol–water partition coefficient (Wildman–Crippen LogP) is 7.37. The molecule has 43 heavy (non-hydrogen) atoms. The van der Waals surface area contributed by atoms with Crippen LogP contribution < -0.4 is 9.64 Å². The number of benzene rings is 2. The van der Waals surface area contributed by atoms with Crippen molar-refractivity contribution in [2.24, 2.45) is 0 Å². The van der Waals surface area contributed by atoms with Gasteiger partial charge in [-0.15, -0.1) is 13.2 Å². The molecule has 2 aliphatic heterocycles. The molecule has 0 spiro atoms. The van der Waals surface area contributed by atoms with Crippen LogP contribution in [0.3, 0.4) is 0 Å². The van der Waals surface area contributed by atoms with Crippen molar-refractivity contribution in [3.05, 3.63) is 59.1 Å². The summed E-state index contributed by atoms with van der Waals surface area (Å²) in [6.07, 6.45) is 0.215. The van der Waals surface area contributed by atoms with E-state index < -0.39 is 18.1 Å². The van der Waals surface area contributed by atoms with Gasteiger partial charge in [-0.1, -0.05) is 28.6 Å². The Morgan fingerprint density at radius 3 is 2.56 bits per heavy atom. The summed E-state index contributed by atoms with van der Waals surface area (Å²) in [5, 5.41) is 4.88. The molecule has 3 fully saturated rings. The van der Waals surface area contributed by atoms with E-state index in [1.54, 1.807) is 12.1 Å². The molecule has 226 valence electrons. The summed E-state index contributed by atoms with van der Waals surface area (Å²) < 4.78 is 75.8. The number of nitrogens with zero attached hydrogens (tertiary/aromatic N) is 3. The molecule has 2 saturated heterocycles. The molecular weight excluding hydrogens is 590 g/mol. The van der Waals surface area contributed by atoms with Crippen LogP contribution >= 0.6 is 11.3 Å². The Morgan fingerprint density at radius 1 is 1.12 bits per heavy atom. The Labute approximate surface area is 247 Å². The van der Waals surface area contributed by atoms with Crippen LogP contribution in [0.1, 0.15) is 66.1 Å². The molecule has 0 radical (unpaired) electrons. The number of hydrogen-bond donors (Lipinski definition) is 0. The second kappa shape index (κ2) is 10.8. The van der Waals surface area contributed by atoms with E-state index in [2.05, 4.69) is 19.8 Å². The van der Waals surface area contributed by atoms with Gasteiger partial charge in [-0.3, -0.25) is 0 Å². The lowest BCUT2D eigenvalue weighted by molar-refractivity contribution is -0.274. The number of piperidine rings is 1. The minimum atomic E-state index is -4.85. The lowest BCUT2D eigenvalue weighted by atomic mass is 10.00. The van der Waals surface area contributed by atoms with E-state index in [0.29, 0.717) is 26.8 Å². The molecule has 0 amide bonds. The van der Waals surface area contributed by atoms with E-state index in [4.69, 9.17) is 14.0 Å². The Hall–Kier alpha value is -3.71. The maximum Gasteiger partial charge on any atom is 0.573 e. The van der Waals surface area contributed by atoms with Crippen molar-refractivity contribution in [3.8, 4) is 17.0 Å². The second-order valence-corrected chi connectivity index (χ2v) is 12.2. The number of thiazole rings is 1. The maximum absolute atomic E-state index is 14.8. The van der Waals surface area contributed by atoms with E-state index in [1.165, 1.54) is 36.6 Å². The average Bonchev–Trinajstić information content (AvgIpc) is 3.48. The first-order valence-corrected chi connectivity index (χ1v) is 14.9.